The Morgan fingerprint density at radius 3 is 2.79 bits per heavy atom. The third kappa shape index (κ3) is 3.86. The van der Waals surface area contributed by atoms with Crippen LogP contribution in [0.5, 0.6) is 0 Å². The van der Waals surface area contributed by atoms with Gasteiger partial charge in [-0.2, -0.15) is 4.68 Å². The second-order valence-electron chi connectivity index (χ2n) is 6.49. The van der Waals surface area contributed by atoms with Crippen LogP contribution in [0.3, 0.4) is 0 Å². The van der Waals surface area contributed by atoms with Gasteiger partial charge in [-0.25, -0.2) is 9.07 Å². The van der Waals surface area contributed by atoms with Gasteiger partial charge in [0.05, 0.1) is 11.8 Å². The topological polar surface area (TPSA) is 116 Å². The van der Waals surface area contributed by atoms with E-state index in [0.717, 1.165) is 12.8 Å². The molecular formula is C16H18FN9OS. The van der Waals surface area contributed by atoms with E-state index in [1.807, 2.05) is 0 Å². The summed E-state index contributed by atoms with van der Waals surface area (Å²) in [6, 6.07) is 4.55. The Morgan fingerprint density at radius 1 is 1.25 bits per heavy atom. The Morgan fingerprint density at radius 2 is 2.04 bits per heavy atom. The summed E-state index contributed by atoms with van der Waals surface area (Å²) in [5, 5.41) is 26.2. The zero-order valence-corrected chi connectivity index (χ0v) is 15.9. The highest BCUT2D eigenvalue weighted by Gasteiger charge is 2.22. The van der Waals surface area contributed by atoms with Crippen LogP contribution in [0, 0.1) is 12.7 Å². The minimum Gasteiger partial charge on any atom is -0.325 e. The van der Waals surface area contributed by atoms with Crippen LogP contribution in [0.4, 0.5) is 10.1 Å². The summed E-state index contributed by atoms with van der Waals surface area (Å²) >= 11 is 1.28. The highest BCUT2D eigenvalue weighted by atomic mass is 32.2. The first-order valence-electron chi connectivity index (χ1n) is 8.87. The van der Waals surface area contributed by atoms with E-state index in [4.69, 9.17) is 0 Å². The van der Waals surface area contributed by atoms with E-state index in [9.17, 15) is 9.18 Å². The maximum absolute atomic E-state index is 14.1. The van der Waals surface area contributed by atoms with E-state index in [-0.39, 0.29) is 17.3 Å². The Bertz CT molecular complexity index is 982. The number of aromatic nitrogens is 8. The third-order valence-corrected chi connectivity index (χ3v) is 5.48. The fourth-order valence-electron chi connectivity index (χ4n) is 3.19. The first-order valence-corrected chi connectivity index (χ1v) is 9.86. The van der Waals surface area contributed by atoms with Crippen molar-refractivity contribution >= 4 is 23.4 Å². The average molecular weight is 403 g/mol. The van der Waals surface area contributed by atoms with Crippen molar-refractivity contribution in [3.8, 4) is 5.69 Å². The molecule has 1 N–H and O–H groups in total. The highest BCUT2D eigenvalue weighted by Crippen LogP contribution is 2.31. The lowest BCUT2D eigenvalue weighted by Crippen LogP contribution is -2.16. The number of anilines is 1. The molecule has 0 unspecified atom stereocenters. The molecule has 0 atom stereocenters. The molecule has 0 aliphatic heterocycles. The van der Waals surface area contributed by atoms with Crippen molar-refractivity contribution in [3.63, 3.8) is 0 Å². The van der Waals surface area contributed by atoms with Crippen LogP contribution in [0.15, 0.2) is 23.4 Å². The minimum absolute atomic E-state index is 0.143. The minimum atomic E-state index is -0.487. The number of aryl methyl sites for hydroxylation is 1. The van der Waals surface area contributed by atoms with Gasteiger partial charge in [-0.05, 0) is 58.8 Å². The molecule has 28 heavy (non-hydrogen) atoms. The van der Waals surface area contributed by atoms with Gasteiger partial charge in [0.2, 0.25) is 11.1 Å². The number of carbonyl (C=O) groups excluding carboxylic acids is 1. The van der Waals surface area contributed by atoms with Gasteiger partial charge in [-0.15, -0.1) is 10.2 Å². The van der Waals surface area contributed by atoms with Crippen molar-refractivity contribution < 1.29 is 9.18 Å². The number of halogens is 1. The van der Waals surface area contributed by atoms with Crippen molar-refractivity contribution in [1.29, 1.82) is 0 Å². The molecular weight excluding hydrogens is 385 g/mol. The van der Waals surface area contributed by atoms with E-state index in [0.29, 0.717) is 22.7 Å². The zero-order chi connectivity index (χ0) is 19.5. The number of nitrogens with one attached hydrogen (secondary N) is 1. The van der Waals surface area contributed by atoms with E-state index in [1.54, 1.807) is 11.6 Å². The highest BCUT2D eigenvalue weighted by molar-refractivity contribution is 7.99. The number of nitrogens with zero attached hydrogens (tertiary/aromatic N) is 8. The molecule has 4 rings (SSSR count). The molecule has 12 heteroatoms. The second-order valence-corrected chi connectivity index (χ2v) is 7.43. The van der Waals surface area contributed by atoms with E-state index in [2.05, 4.69) is 36.4 Å². The molecule has 1 saturated carbocycles. The summed E-state index contributed by atoms with van der Waals surface area (Å²) in [5.74, 6) is -0.142. The molecule has 0 spiro atoms. The first kappa shape index (κ1) is 18.5. The number of hydrogen-bond donors (Lipinski definition) is 1. The molecule has 0 bridgehead atoms. The van der Waals surface area contributed by atoms with Crippen molar-refractivity contribution in [2.45, 2.75) is 43.8 Å². The van der Waals surface area contributed by atoms with Gasteiger partial charge in [0.1, 0.15) is 11.5 Å². The first-order chi connectivity index (χ1) is 13.6. The van der Waals surface area contributed by atoms with Gasteiger partial charge in [-0.1, -0.05) is 24.6 Å². The molecule has 2 heterocycles. The van der Waals surface area contributed by atoms with E-state index in [1.165, 1.54) is 47.5 Å². The average Bonchev–Trinajstić information content (AvgIpc) is 3.43. The van der Waals surface area contributed by atoms with Gasteiger partial charge < -0.3 is 5.32 Å². The molecule has 146 valence electrons. The fraction of sp³-hybridized carbons (Fsp3) is 0.438. The van der Waals surface area contributed by atoms with Crippen LogP contribution in [0.2, 0.25) is 0 Å². The Kier molecular flexibility index (Phi) is 5.28. The van der Waals surface area contributed by atoms with Crippen molar-refractivity contribution in [2.24, 2.45) is 0 Å². The van der Waals surface area contributed by atoms with Crippen LogP contribution < -0.4 is 5.32 Å². The summed E-state index contributed by atoms with van der Waals surface area (Å²) in [6.07, 6.45) is 4.45. The van der Waals surface area contributed by atoms with Crippen LogP contribution in [-0.4, -0.2) is 52.1 Å². The molecule has 1 aromatic carbocycles. The number of benzene rings is 1. The van der Waals surface area contributed by atoms with Crippen LogP contribution in [-0.2, 0) is 4.79 Å². The van der Waals surface area contributed by atoms with Gasteiger partial charge in [-0.3, -0.25) is 4.79 Å². The van der Waals surface area contributed by atoms with Gasteiger partial charge in [0, 0.05) is 5.69 Å². The van der Waals surface area contributed by atoms with Crippen molar-refractivity contribution in [3.05, 3.63) is 29.8 Å². The molecule has 0 radical (unpaired) electrons. The predicted molar refractivity (Wildman–Crippen MR) is 98.5 cm³/mol. The molecule has 3 aromatic rings. The molecule has 1 amide bonds. The van der Waals surface area contributed by atoms with E-state index < -0.39 is 5.82 Å². The molecule has 1 fully saturated rings. The lowest BCUT2D eigenvalue weighted by Gasteiger charge is -2.11. The number of amides is 1. The van der Waals surface area contributed by atoms with Crippen LogP contribution in [0.1, 0.15) is 37.5 Å². The second kappa shape index (κ2) is 8.00. The lowest BCUT2D eigenvalue weighted by molar-refractivity contribution is -0.113. The van der Waals surface area contributed by atoms with E-state index >= 15 is 0 Å². The smallest absolute Gasteiger partial charge is 0.234 e. The van der Waals surface area contributed by atoms with Gasteiger partial charge in [0.15, 0.2) is 5.82 Å². The zero-order valence-electron chi connectivity index (χ0n) is 15.1. The number of tetrazole rings is 2. The normalized spacial score (nSPS) is 14.5. The molecule has 1 aliphatic rings. The summed E-state index contributed by atoms with van der Waals surface area (Å²) in [4.78, 5) is 12.3. The van der Waals surface area contributed by atoms with Gasteiger partial charge in [0.25, 0.3) is 0 Å². The number of hydrogen-bond acceptors (Lipinski definition) is 8. The lowest BCUT2D eigenvalue weighted by atomic mass is 10.2. The largest absolute Gasteiger partial charge is 0.325 e. The number of thioether (sulfide) groups is 1. The fourth-order valence-corrected chi connectivity index (χ4v) is 3.94. The SMILES string of the molecule is Cc1nnnn1-c1cc(NC(=O)CSc2nnnn2C2CCCC2)ccc1F. The Labute approximate surface area is 163 Å². The van der Waals surface area contributed by atoms with Crippen molar-refractivity contribution in [1.82, 2.24) is 40.4 Å². The Balaban J connectivity index is 1.41. The monoisotopic (exact) mass is 403 g/mol. The number of rotatable bonds is 6. The standard InChI is InChI=1S/C16H18FN9OS/c1-10-19-21-23-25(10)14-8-11(6-7-13(14)17)18-15(27)9-28-16-20-22-24-26(16)12-4-2-3-5-12/h6-8,12H,2-5,9H2,1H3,(H,18,27). The number of carbonyl (C=O) groups is 1. The van der Waals surface area contributed by atoms with Gasteiger partial charge >= 0.3 is 0 Å². The third-order valence-electron chi connectivity index (χ3n) is 4.55. The predicted octanol–water partition coefficient (Wildman–Crippen LogP) is 1.94. The maximum atomic E-state index is 14.1. The quantitative estimate of drug-likeness (QED) is 0.621. The molecule has 0 saturated heterocycles. The summed E-state index contributed by atoms with van der Waals surface area (Å²) in [6.45, 7) is 1.66. The summed E-state index contributed by atoms with van der Waals surface area (Å²) in [5.41, 5.74) is 0.616. The van der Waals surface area contributed by atoms with Crippen LogP contribution in [0.25, 0.3) is 5.69 Å². The molecule has 1 aliphatic carbocycles. The van der Waals surface area contributed by atoms with Crippen LogP contribution >= 0.6 is 11.8 Å². The molecule has 2 aromatic heterocycles. The maximum Gasteiger partial charge on any atom is 0.234 e. The molecule has 10 nitrogen and oxygen atoms in total. The Hall–Kier alpha value is -2.89. The van der Waals surface area contributed by atoms with Crippen molar-refractivity contribution in [2.75, 3.05) is 11.1 Å². The summed E-state index contributed by atoms with van der Waals surface area (Å²) in [7, 11) is 0. The summed E-state index contributed by atoms with van der Waals surface area (Å²) < 4.78 is 17.2.